The van der Waals surface area contributed by atoms with E-state index in [-0.39, 0.29) is 38.7 Å². The van der Waals surface area contributed by atoms with E-state index in [1.807, 2.05) is 0 Å². The standard InChI is InChI=1S/C28H32O11/c1-22-10-17-24(3)28-18(22)19(31)27(39-28,36-11-14(22)20(32)37-17)13-9-16(30)25(34)7-4-5-15(29)23(25,2)12(13)6-8-26(28,35)21(33)38-24/h4-5,12-14,16-18,30,34-35H,6-11H2,1-3H3/t12-,13+,14-,16-,17+,18+,22+,23-,24?,25+,26+,27?,28?/m1/s1. The minimum atomic E-state index is -2.32. The maximum absolute atomic E-state index is 14.9. The van der Waals surface area contributed by atoms with Gasteiger partial charge in [-0.05, 0) is 63.4 Å². The van der Waals surface area contributed by atoms with Gasteiger partial charge < -0.3 is 34.3 Å². The van der Waals surface area contributed by atoms with Gasteiger partial charge in [-0.25, -0.2) is 4.79 Å². The number of ether oxygens (including phenoxy) is 4. The number of allylic oxidation sites excluding steroid dienone is 1. The van der Waals surface area contributed by atoms with Crippen molar-refractivity contribution in [3.05, 3.63) is 12.2 Å². The second kappa shape index (κ2) is 6.49. The molecule has 2 spiro atoms. The maximum atomic E-state index is 14.9. The van der Waals surface area contributed by atoms with Crippen molar-refractivity contribution >= 4 is 23.5 Å². The van der Waals surface area contributed by atoms with Gasteiger partial charge in [0.15, 0.2) is 28.4 Å². The lowest BCUT2D eigenvalue weighted by Crippen LogP contribution is -2.79. The van der Waals surface area contributed by atoms with Gasteiger partial charge in [0.1, 0.15) is 11.7 Å². The van der Waals surface area contributed by atoms with Crippen LogP contribution in [-0.2, 0) is 38.1 Å². The van der Waals surface area contributed by atoms with Crippen LogP contribution in [0.5, 0.6) is 0 Å². The highest BCUT2D eigenvalue weighted by Gasteiger charge is 2.93. The highest BCUT2D eigenvalue weighted by atomic mass is 16.8. The van der Waals surface area contributed by atoms with Crippen molar-refractivity contribution < 1.29 is 53.4 Å². The van der Waals surface area contributed by atoms with Crippen molar-refractivity contribution in [1.29, 1.82) is 0 Å². The minimum Gasteiger partial charge on any atom is -0.458 e. The van der Waals surface area contributed by atoms with Crippen molar-refractivity contribution in [1.82, 2.24) is 0 Å². The molecule has 11 nitrogen and oxygen atoms in total. The summed E-state index contributed by atoms with van der Waals surface area (Å²) in [7, 11) is 0. The van der Waals surface area contributed by atoms with Gasteiger partial charge in [0.05, 0.1) is 30.0 Å². The maximum Gasteiger partial charge on any atom is 0.342 e. The summed E-state index contributed by atoms with van der Waals surface area (Å²) in [6, 6.07) is 0. The van der Waals surface area contributed by atoms with E-state index in [2.05, 4.69) is 0 Å². The number of aliphatic hydroxyl groups excluding tert-OH is 1. The van der Waals surface area contributed by atoms with Crippen LogP contribution < -0.4 is 0 Å². The topological polar surface area (TPSA) is 166 Å². The van der Waals surface area contributed by atoms with Crippen molar-refractivity contribution in [2.75, 3.05) is 6.61 Å². The fourth-order valence-electron chi connectivity index (χ4n) is 10.6. The van der Waals surface area contributed by atoms with E-state index in [4.69, 9.17) is 18.9 Å². The molecule has 5 saturated heterocycles. The van der Waals surface area contributed by atoms with Gasteiger partial charge in [-0.1, -0.05) is 13.0 Å². The molecule has 210 valence electrons. The van der Waals surface area contributed by atoms with E-state index in [1.165, 1.54) is 12.2 Å². The van der Waals surface area contributed by atoms with Crippen LogP contribution in [0.2, 0.25) is 0 Å². The third-order valence-electron chi connectivity index (χ3n) is 12.7. The smallest absolute Gasteiger partial charge is 0.342 e. The first kappa shape index (κ1) is 24.6. The second-order valence-electron chi connectivity index (χ2n) is 13.8. The number of carbonyl (C=O) groups excluding carboxylic acids is 4. The molecule has 5 bridgehead atoms. The van der Waals surface area contributed by atoms with Crippen LogP contribution in [0, 0.1) is 34.5 Å². The lowest BCUT2D eigenvalue weighted by atomic mass is 9.46. The zero-order valence-electron chi connectivity index (χ0n) is 22.0. The Hall–Kier alpha value is -2.18. The first-order valence-corrected chi connectivity index (χ1v) is 13.8. The van der Waals surface area contributed by atoms with Crippen molar-refractivity contribution in [2.45, 2.75) is 93.3 Å². The molecule has 2 saturated carbocycles. The molecule has 0 amide bonds. The van der Waals surface area contributed by atoms with Crippen LogP contribution in [0.25, 0.3) is 0 Å². The number of hydrogen-bond donors (Lipinski definition) is 3. The zero-order valence-corrected chi connectivity index (χ0v) is 22.0. The Balaban J connectivity index is 1.43. The van der Waals surface area contributed by atoms with Crippen molar-refractivity contribution in [3.63, 3.8) is 0 Å². The van der Waals surface area contributed by atoms with Gasteiger partial charge in [0.25, 0.3) is 0 Å². The highest BCUT2D eigenvalue weighted by molar-refractivity contribution is 6.00. The number of ketones is 2. The quantitative estimate of drug-likeness (QED) is 0.344. The zero-order chi connectivity index (χ0) is 27.8. The summed E-state index contributed by atoms with van der Waals surface area (Å²) >= 11 is 0. The molecule has 8 rings (SSSR count). The molecule has 5 heterocycles. The van der Waals surface area contributed by atoms with E-state index in [0.29, 0.717) is 0 Å². The van der Waals surface area contributed by atoms with E-state index in [0.717, 1.165) is 0 Å². The van der Waals surface area contributed by atoms with Crippen molar-refractivity contribution in [3.8, 4) is 0 Å². The Morgan fingerprint density at radius 1 is 1.05 bits per heavy atom. The Labute approximate surface area is 223 Å². The molecule has 39 heavy (non-hydrogen) atoms. The summed E-state index contributed by atoms with van der Waals surface area (Å²) in [6.07, 6.45) is 0.491. The number of esters is 2. The van der Waals surface area contributed by atoms with Crippen LogP contribution >= 0.6 is 0 Å². The van der Waals surface area contributed by atoms with Crippen LogP contribution in [-0.4, -0.2) is 85.8 Å². The van der Waals surface area contributed by atoms with Crippen LogP contribution in [0.1, 0.15) is 52.9 Å². The van der Waals surface area contributed by atoms with Gasteiger partial charge in [-0.15, -0.1) is 0 Å². The fraction of sp³-hybridized carbons (Fsp3) is 0.786. The summed E-state index contributed by atoms with van der Waals surface area (Å²) < 4.78 is 24.9. The van der Waals surface area contributed by atoms with Crippen LogP contribution in [0.4, 0.5) is 0 Å². The number of fused-ring (bicyclic) bond motifs is 5. The predicted octanol–water partition coefficient (Wildman–Crippen LogP) is -0.277. The van der Waals surface area contributed by atoms with E-state index < -0.39 is 98.4 Å². The summed E-state index contributed by atoms with van der Waals surface area (Å²) in [6.45, 7) is 4.69. The molecule has 7 fully saturated rings. The molecular weight excluding hydrogens is 512 g/mol. The molecule has 3 unspecified atom stereocenters. The molecule has 0 radical (unpaired) electrons. The first-order valence-electron chi connectivity index (χ1n) is 13.8. The lowest BCUT2D eigenvalue weighted by molar-refractivity contribution is -0.382. The molecule has 13 atom stereocenters. The van der Waals surface area contributed by atoms with Gasteiger partial charge >= 0.3 is 11.9 Å². The number of carbonyl (C=O) groups is 4. The monoisotopic (exact) mass is 544 g/mol. The lowest BCUT2D eigenvalue weighted by Gasteiger charge is -2.64. The first-order chi connectivity index (χ1) is 18.2. The van der Waals surface area contributed by atoms with Gasteiger partial charge in [-0.2, -0.15) is 0 Å². The Morgan fingerprint density at radius 3 is 2.54 bits per heavy atom. The van der Waals surface area contributed by atoms with Gasteiger partial charge in [-0.3, -0.25) is 14.4 Å². The summed E-state index contributed by atoms with van der Waals surface area (Å²) in [5.41, 5.74) is -10.4. The Kier molecular flexibility index (Phi) is 4.09. The molecular formula is C28H32O11. The molecule has 11 heteroatoms. The van der Waals surface area contributed by atoms with E-state index >= 15 is 0 Å². The molecule has 0 aromatic rings. The number of aliphatic hydroxyl groups is 3. The summed E-state index contributed by atoms with van der Waals surface area (Å²) in [4.78, 5) is 55.5. The second-order valence-corrected chi connectivity index (χ2v) is 13.8. The van der Waals surface area contributed by atoms with Crippen molar-refractivity contribution in [2.24, 2.45) is 34.5 Å². The average molecular weight is 545 g/mol. The van der Waals surface area contributed by atoms with Crippen LogP contribution in [0.3, 0.4) is 0 Å². The molecule has 8 aliphatic rings. The SMILES string of the molecule is CC12OC(=O)[C@@]3(O)CC[C@@H]4[C@H](C[C@@H](O)[C@@]5(O)CC=CC(=O)[C@@]45C)C45OC[C@@H]6C(=O)O[C@H]1C[C@]6(C)[C@H](C4=O)C23O5. The normalized spacial score (nSPS) is 62.0. The number of Topliss-reactive ketones (excluding diaryl/α,β-unsaturated/α-hetero) is 1. The molecule has 5 aliphatic heterocycles. The number of rotatable bonds is 0. The van der Waals surface area contributed by atoms with Crippen LogP contribution in [0.15, 0.2) is 12.2 Å². The molecule has 3 aliphatic carbocycles. The molecule has 0 aromatic carbocycles. The van der Waals surface area contributed by atoms with Gasteiger partial charge in [0, 0.05) is 5.92 Å². The number of hydrogen-bond acceptors (Lipinski definition) is 11. The molecule has 0 aromatic heterocycles. The Bertz CT molecular complexity index is 1330. The fourth-order valence-corrected chi connectivity index (χ4v) is 10.6. The van der Waals surface area contributed by atoms with E-state index in [9.17, 15) is 34.5 Å². The predicted molar refractivity (Wildman–Crippen MR) is 125 cm³/mol. The summed E-state index contributed by atoms with van der Waals surface area (Å²) in [5.74, 6) is -8.35. The van der Waals surface area contributed by atoms with E-state index in [1.54, 1.807) is 20.8 Å². The van der Waals surface area contributed by atoms with Gasteiger partial charge in [0.2, 0.25) is 5.79 Å². The average Bonchev–Trinajstić information content (AvgIpc) is 3.19. The third kappa shape index (κ3) is 2.10. The third-order valence-corrected chi connectivity index (χ3v) is 12.7. The largest absolute Gasteiger partial charge is 0.458 e. The molecule has 3 N–H and O–H groups in total. The summed E-state index contributed by atoms with van der Waals surface area (Å²) in [5, 5.41) is 35.6. The Morgan fingerprint density at radius 2 is 1.79 bits per heavy atom. The minimum absolute atomic E-state index is 0.0207. The highest BCUT2D eigenvalue weighted by Crippen LogP contribution is 2.75.